The lowest BCUT2D eigenvalue weighted by Gasteiger charge is -2.08. The molecule has 0 saturated carbocycles. The maximum atomic E-state index is 11.7. The molecule has 1 aromatic carbocycles. The van der Waals surface area contributed by atoms with Gasteiger partial charge in [0.25, 0.3) is 5.89 Å². The number of benzene rings is 1. The van der Waals surface area contributed by atoms with Crippen LogP contribution in [0.1, 0.15) is 11.4 Å². The predicted molar refractivity (Wildman–Crippen MR) is 80.9 cm³/mol. The van der Waals surface area contributed by atoms with Gasteiger partial charge in [0, 0.05) is 12.7 Å². The SMILES string of the molecule is COc1cc(Cc2noc(-c3ccoc3)n2)ccc1S(C)(=O)=O. The molecule has 7 nitrogen and oxygen atoms in total. The summed E-state index contributed by atoms with van der Waals surface area (Å²) in [6.45, 7) is 0. The molecule has 2 aromatic heterocycles. The Hall–Kier alpha value is -2.61. The molecule has 23 heavy (non-hydrogen) atoms. The Kier molecular flexibility index (Phi) is 3.91. The van der Waals surface area contributed by atoms with Crippen molar-refractivity contribution in [2.75, 3.05) is 13.4 Å². The van der Waals surface area contributed by atoms with Crippen molar-refractivity contribution in [3.05, 3.63) is 48.2 Å². The van der Waals surface area contributed by atoms with Crippen molar-refractivity contribution in [3.63, 3.8) is 0 Å². The zero-order chi connectivity index (χ0) is 16.4. The molecule has 0 amide bonds. The quantitative estimate of drug-likeness (QED) is 0.706. The Morgan fingerprint density at radius 1 is 1.26 bits per heavy atom. The van der Waals surface area contributed by atoms with Crippen LogP contribution in [0.15, 0.2) is 50.6 Å². The number of furan rings is 1. The van der Waals surface area contributed by atoms with Crippen LogP contribution in [-0.2, 0) is 16.3 Å². The van der Waals surface area contributed by atoms with Crippen molar-refractivity contribution in [1.82, 2.24) is 10.1 Å². The highest BCUT2D eigenvalue weighted by Gasteiger charge is 2.16. The van der Waals surface area contributed by atoms with E-state index < -0.39 is 9.84 Å². The van der Waals surface area contributed by atoms with Crippen LogP contribution < -0.4 is 4.74 Å². The van der Waals surface area contributed by atoms with Gasteiger partial charge in [-0.2, -0.15) is 4.98 Å². The van der Waals surface area contributed by atoms with Crippen LogP contribution in [0.5, 0.6) is 5.75 Å². The maximum Gasteiger partial charge on any atom is 0.261 e. The van der Waals surface area contributed by atoms with Crippen LogP contribution in [0, 0.1) is 0 Å². The summed E-state index contributed by atoms with van der Waals surface area (Å²) in [4.78, 5) is 4.43. The van der Waals surface area contributed by atoms with E-state index in [1.807, 2.05) is 0 Å². The normalized spacial score (nSPS) is 11.6. The standard InChI is InChI=1S/C15H14N2O5S/c1-20-12-7-10(3-4-13(12)23(2,18)19)8-14-16-15(22-17-14)11-5-6-21-9-11/h3-7,9H,8H2,1-2H3. The average molecular weight is 334 g/mol. The fraction of sp³-hybridized carbons (Fsp3) is 0.200. The van der Waals surface area contributed by atoms with E-state index >= 15 is 0 Å². The fourth-order valence-electron chi connectivity index (χ4n) is 2.14. The van der Waals surface area contributed by atoms with E-state index in [-0.39, 0.29) is 4.90 Å². The summed E-state index contributed by atoms with van der Waals surface area (Å²) < 4.78 is 38.7. The van der Waals surface area contributed by atoms with Gasteiger partial charge in [0.15, 0.2) is 15.7 Å². The van der Waals surface area contributed by atoms with E-state index in [9.17, 15) is 8.42 Å². The van der Waals surface area contributed by atoms with Crippen LogP contribution in [0.25, 0.3) is 11.5 Å². The smallest absolute Gasteiger partial charge is 0.261 e. The highest BCUT2D eigenvalue weighted by molar-refractivity contribution is 7.90. The lowest BCUT2D eigenvalue weighted by molar-refractivity contribution is 0.402. The minimum absolute atomic E-state index is 0.149. The molecule has 0 fully saturated rings. The number of methoxy groups -OCH3 is 1. The fourth-order valence-corrected chi connectivity index (χ4v) is 2.96. The zero-order valence-corrected chi connectivity index (χ0v) is 13.3. The molecule has 3 rings (SSSR count). The Labute approximate surface area is 132 Å². The molecule has 2 heterocycles. The zero-order valence-electron chi connectivity index (χ0n) is 12.5. The van der Waals surface area contributed by atoms with E-state index in [1.165, 1.54) is 25.7 Å². The van der Waals surface area contributed by atoms with Gasteiger partial charge in [0.05, 0.1) is 18.9 Å². The highest BCUT2D eigenvalue weighted by Crippen LogP contribution is 2.26. The first-order chi connectivity index (χ1) is 11.0. The summed E-state index contributed by atoms with van der Waals surface area (Å²) >= 11 is 0. The molecule has 0 aliphatic rings. The second-order valence-electron chi connectivity index (χ2n) is 4.96. The van der Waals surface area contributed by atoms with Crippen molar-refractivity contribution in [1.29, 1.82) is 0 Å². The van der Waals surface area contributed by atoms with Crippen molar-refractivity contribution in [2.45, 2.75) is 11.3 Å². The Balaban J connectivity index is 1.86. The van der Waals surface area contributed by atoms with E-state index in [2.05, 4.69) is 10.1 Å². The third-order valence-corrected chi connectivity index (χ3v) is 4.36. The first kappa shape index (κ1) is 15.3. The van der Waals surface area contributed by atoms with Crippen molar-refractivity contribution < 1.29 is 22.1 Å². The molecule has 0 bridgehead atoms. The number of aromatic nitrogens is 2. The summed E-state index contributed by atoms with van der Waals surface area (Å²) in [7, 11) is -1.92. The van der Waals surface area contributed by atoms with Gasteiger partial charge < -0.3 is 13.7 Å². The average Bonchev–Trinajstić information content (AvgIpc) is 3.16. The van der Waals surface area contributed by atoms with Gasteiger partial charge in [0.2, 0.25) is 0 Å². The topological polar surface area (TPSA) is 95.4 Å². The first-order valence-corrected chi connectivity index (χ1v) is 8.58. The number of hydrogen-bond acceptors (Lipinski definition) is 7. The summed E-state index contributed by atoms with van der Waals surface area (Å²) in [5.74, 6) is 1.15. The monoisotopic (exact) mass is 334 g/mol. The molecule has 0 aliphatic carbocycles. The molecule has 3 aromatic rings. The number of rotatable bonds is 5. The molecule has 0 unspecified atom stereocenters. The molecule has 0 aliphatic heterocycles. The summed E-state index contributed by atoms with van der Waals surface area (Å²) in [5.41, 5.74) is 1.52. The van der Waals surface area contributed by atoms with Gasteiger partial charge in [-0.25, -0.2) is 8.42 Å². The van der Waals surface area contributed by atoms with Gasteiger partial charge in [-0.15, -0.1) is 0 Å². The molecule has 0 atom stereocenters. The summed E-state index contributed by atoms with van der Waals surface area (Å²) in [6, 6.07) is 6.60. The molecule has 0 N–H and O–H groups in total. The molecular weight excluding hydrogens is 320 g/mol. The van der Waals surface area contributed by atoms with Gasteiger partial charge in [-0.1, -0.05) is 11.2 Å². The largest absolute Gasteiger partial charge is 0.495 e. The second kappa shape index (κ2) is 5.88. The number of nitrogens with zero attached hydrogens (tertiary/aromatic N) is 2. The minimum atomic E-state index is -3.35. The van der Waals surface area contributed by atoms with E-state index in [4.69, 9.17) is 13.7 Å². The molecule has 0 radical (unpaired) electrons. The van der Waals surface area contributed by atoms with Crippen molar-refractivity contribution in [3.8, 4) is 17.2 Å². The van der Waals surface area contributed by atoms with E-state index in [0.29, 0.717) is 29.4 Å². The van der Waals surface area contributed by atoms with E-state index in [0.717, 1.165) is 11.8 Å². The van der Waals surface area contributed by atoms with Gasteiger partial charge in [-0.3, -0.25) is 0 Å². The number of hydrogen-bond donors (Lipinski definition) is 0. The van der Waals surface area contributed by atoms with Gasteiger partial charge >= 0.3 is 0 Å². The van der Waals surface area contributed by atoms with Crippen molar-refractivity contribution >= 4 is 9.84 Å². The lowest BCUT2D eigenvalue weighted by atomic mass is 10.1. The molecular formula is C15H14N2O5S. The van der Waals surface area contributed by atoms with Crippen LogP contribution in [0.2, 0.25) is 0 Å². The third-order valence-electron chi connectivity index (χ3n) is 3.23. The summed E-state index contributed by atoms with van der Waals surface area (Å²) in [6.07, 6.45) is 4.57. The van der Waals surface area contributed by atoms with Crippen LogP contribution >= 0.6 is 0 Å². The number of ether oxygens (including phenoxy) is 1. The second-order valence-corrected chi connectivity index (χ2v) is 6.95. The Morgan fingerprint density at radius 3 is 2.74 bits per heavy atom. The molecule has 8 heteroatoms. The first-order valence-electron chi connectivity index (χ1n) is 6.69. The minimum Gasteiger partial charge on any atom is -0.495 e. The van der Waals surface area contributed by atoms with Gasteiger partial charge in [-0.05, 0) is 23.8 Å². The molecule has 0 spiro atoms. The highest BCUT2D eigenvalue weighted by atomic mass is 32.2. The maximum absolute atomic E-state index is 11.7. The lowest BCUT2D eigenvalue weighted by Crippen LogP contribution is -2.02. The van der Waals surface area contributed by atoms with Crippen LogP contribution in [-0.4, -0.2) is 31.9 Å². The third kappa shape index (κ3) is 3.26. The summed E-state index contributed by atoms with van der Waals surface area (Å²) in [5, 5.41) is 3.91. The number of sulfone groups is 1. The predicted octanol–water partition coefficient (Wildman–Crippen LogP) is 2.33. The van der Waals surface area contributed by atoms with Crippen LogP contribution in [0.4, 0.5) is 0 Å². The van der Waals surface area contributed by atoms with Gasteiger partial charge in [0.1, 0.15) is 16.9 Å². The van der Waals surface area contributed by atoms with Crippen LogP contribution in [0.3, 0.4) is 0 Å². The Morgan fingerprint density at radius 2 is 2.09 bits per heavy atom. The van der Waals surface area contributed by atoms with E-state index in [1.54, 1.807) is 18.2 Å². The Bertz CT molecular complexity index is 913. The molecule has 120 valence electrons. The molecule has 0 saturated heterocycles. The van der Waals surface area contributed by atoms with Crippen molar-refractivity contribution in [2.24, 2.45) is 0 Å².